The Bertz CT molecular complexity index is 430. The summed E-state index contributed by atoms with van der Waals surface area (Å²) in [5.74, 6) is 0.243. The predicted octanol–water partition coefficient (Wildman–Crippen LogP) is 3.05. The maximum atomic E-state index is 12.2. The number of benzene rings is 1. The molecule has 0 fully saturated rings. The molecule has 0 aliphatic carbocycles. The van der Waals surface area contributed by atoms with E-state index in [1.807, 2.05) is 17.0 Å². The molecule has 0 bridgehead atoms. The monoisotopic (exact) mass is 246 g/mol. The Hall–Kier alpha value is -1.51. The molecule has 18 heavy (non-hydrogen) atoms. The molecule has 0 spiro atoms. The van der Waals surface area contributed by atoms with Crippen LogP contribution in [0.5, 0.6) is 0 Å². The molecule has 0 N–H and O–H groups in total. The van der Waals surface area contributed by atoms with Gasteiger partial charge in [0.2, 0.25) is 5.91 Å². The topological polar surface area (TPSA) is 23.6 Å². The normalized spacial score (nSPS) is 18.7. The molecule has 1 atom stereocenters. The quantitative estimate of drug-likeness (QED) is 0.818. The summed E-state index contributed by atoms with van der Waals surface area (Å²) in [6.07, 6.45) is 1.54. The van der Waals surface area contributed by atoms with Gasteiger partial charge in [0.25, 0.3) is 0 Å². The van der Waals surface area contributed by atoms with Crippen molar-refractivity contribution in [1.29, 1.82) is 0 Å². The zero-order valence-corrected chi connectivity index (χ0v) is 11.5. The molecule has 1 aliphatic rings. The second kappa shape index (κ2) is 5.42. The number of para-hydroxylation sites is 2. The van der Waals surface area contributed by atoms with Crippen LogP contribution < -0.4 is 9.80 Å². The van der Waals surface area contributed by atoms with Gasteiger partial charge in [0.05, 0.1) is 11.4 Å². The van der Waals surface area contributed by atoms with E-state index in [-0.39, 0.29) is 5.91 Å². The summed E-state index contributed by atoms with van der Waals surface area (Å²) in [7, 11) is 0. The van der Waals surface area contributed by atoms with Crippen LogP contribution in [0, 0.1) is 0 Å². The fourth-order valence-electron chi connectivity index (χ4n) is 2.70. The summed E-state index contributed by atoms with van der Waals surface area (Å²) < 4.78 is 0. The van der Waals surface area contributed by atoms with Crippen molar-refractivity contribution in [1.82, 2.24) is 0 Å². The molecule has 0 saturated heterocycles. The lowest BCUT2D eigenvalue weighted by Crippen LogP contribution is -2.49. The van der Waals surface area contributed by atoms with Crippen molar-refractivity contribution in [2.24, 2.45) is 0 Å². The fourth-order valence-corrected chi connectivity index (χ4v) is 2.70. The van der Waals surface area contributed by atoms with Crippen LogP contribution in [0.4, 0.5) is 11.4 Å². The molecule has 1 aromatic carbocycles. The summed E-state index contributed by atoms with van der Waals surface area (Å²) >= 11 is 0. The second-order valence-electron chi connectivity index (χ2n) is 4.88. The van der Waals surface area contributed by atoms with E-state index in [1.165, 1.54) is 5.69 Å². The van der Waals surface area contributed by atoms with Crippen LogP contribution >= 0.6 is 0 Å². The summed E-state index contributed by atoms with van der Waals surface area (Å²) in [4.78, 5) is 16.5. The number of hydrogen-bond acceptors (Lipinski definition) is 2. The van der Waals surface area contributed by atoms with Crippen molar-refractivity contribution in [3.8, 4) is 0 Å². The van der Waals surface area contributed by atoms with Crippen molar-refractivity contribution in [2.45, 2.75) is 39.7 Å². The van der Waals surface area contributed by atoms with Gasteiger partial charge in [-0.05, 0) is 32.4 Å². The largest absolute Gasteiger partial charge is 0.366 e. The molecule has 1 aromatic rings. The van der Waals surface area contributed by atoms with Gasteiger partial charge in [0.15, 0.2) is 0 Å². The first kappa shape index (κ1) is 12.9. The van der Waals surface area contributed by atoms with E-state index in [2.05, 4.69) is 37.8 Å². The summed E-state index contributed by atoms with van der Waals surface area (Å²) in [5, 5.41) is 0. The van der Waals surface area contributed by atoms with Crippen molar-refractivity contribution < 1.29 is 4.79 Å². The first-order valence-electron chi connectivity index (χ1n) is 6.85. The Morgan fingerprint density at radius 1 is 1.28 bits per heavy atom. The van der Waals surface area contributed by atoms with E-state index >= 15 is 0 Å². The van der Waals surface area contributed by atoms with Gasteiger partial charge in [-0.1, -0.05) is 19.1 Å². The van der Waals surface area contributed by atoms with Crippen LogP contribution in [0.25, 0.3) is 0 Å². The molecule has 3 nitrogen and oxygen atoms in total. The van der Waals surface area contributed by atoms with Crippen molar-refractivity contribution >= 4 is 17.3 Å². The highest BCUT2D eigenvalue weighted by Crippen LogP contribution is 2.35. The number of fused-ring (bicyclic) bond motifs is 1. The Morgan fingerprint density at radius 3 is 2.56 bits per heavy atom. The lowest BCUT2D eigenvalue weighted by molar-refractivity contribution is -0.118. The number of amides is 1. The number of carbonyl (C=O) groups excluding carboxylic acids is 1. The Morgan fingerprint density at radius 2 is 1.94 bits per heavy atom. The van der Waals surface area contributed by atoms with E-state index in [4.69, 9.17) is 0 Å². The van der Waals surface area contributed by atoms with E-state index < -0.39 is 0 Å². The van der Waals surface area contributed by atoms with Crippen molar-refractivity contribution in [2.75, 3.05) is 22.9 Å². The van der Waals surface area contributed by atoms with Gasteiger partial charge in [-0.3, -0.25) is 4.79 Å². The second-order valence-corrected chi connectivity index (χ2v) is 4.88. The van der Waals surface area contributed by atoms with E-state index in [9.17, 15) is 4.79 Å². The van der Waals surface area contributed by atoms with Gasteiger partial charge in [0.1, 0.15) is 0 Å². The third-order valence-corrected chi connectivity index (χ3v) is 3.57. The van der Waals surface area contributed by atoms with Crippen LogP contribution in [-0.4, -0.2) is 25.0 Å². The smallest absolute Gasteiger partial charge is 0.227 e. The Labute approximate surface area is 109 Å². The van der Waals surface area contributed by atoms with Gasteiger partial charge in [-0.25, -0.2) is 0 Å². The molecule has 1 heterocycles. The lowest BCUT2D eigenvalue weighted by atomic mass is 10.1. The van der Waals surface area contributed by atoms with Gasteiger partial charge in [0, 0.05) is 25.6 Å². The third kappa shape index (κ3) is 2.22. The van der Waals surface area contributed by atoms with Crippen molar-refractivity contribution in [3.05, 3.63) is 24.3 Å². The van der Waals surface area contributed by atoms with Crippen molar-refractivity contribution in [3.63, 3.8) is 0 Å². The average Bonchev–Trinajstić information content (AvgIpc) is 2.38. The predicted molar refractivity (Wildman–Crippen MR) is 76.2 cm³/mol. The summed E-state index contributed by atoms with van der Waals surface area (Å²) in [6.45, 7) is 8.18. The van der Waals surface area contributed by atoms with E-state index in [1.54, 1.807) is 0 Å². The highest BCUT2D eigenvalue weighted by Gasteiger charge is 2.29. The molecular formula is C15H22N2O. The van der Waals surface area contributed by atoms with Crippen LogP contribution in [0.3, 0.4) is 0 Å². The van der Waals surface area contributed by atoms with Gasteiger partial charge >= 0.3 is 0 Å². The zero-order chi connectivity index (χ0) is 13.1. The number of anilines is 2. The van der Waals surface area contributed by atoms with Crippen LogP contribution in [-0.2, 0) is 4.79 Å². The number of nitrogens with zero attached hydrogens (tertiary/aromatic N) is 2. The zero-order valence-electron chi connectivity index (χ0n) is 11.5. The molecule has 98 valence electrons. The number of hydrogen-bond donors (Lipinski definition) is 0. The molecule has 1 aliphatic heterocycles. The average molecular weight is 246 g/mol. The first-order chi connectivity index (χ1) is 8.69. The number of rotatable bonds is 3. The van der Waals surface area contributed by atoms with Crippen LogP contribution in [0.1, 0.15) is 33.6 Å². The van der Waals surface area contributed by atoms with Crippen LogP contribution in [0.15, 0.2) is 24.3 Å². The molecule has 3 heteroatoms. The Kier molecular flexibility index (Phi) is 3.90. The van der Waals surface area contributed by atoms with Gasteiger partial charge < -0.3 is 9.80 Å². The molecule has 2 rings (SSSR count). The highest BCUT2D eigenvalue weighted by molar-refractivity contribution is 5.98. The molecule has 1 unspecified atom stereocenters. The number of likely N-dealkylation sites (N-methyl/N-ethyl adjacent to an activating group) is 1. The lowest BCUT2D eigenvalue weighted by Gasteiger charge is -2.42. The Balaban J connectivity index is 2.38. The minimum atomic E-state index is 0.243. The maximum Gasteiger partial charge on any atom is 0.227 e. The SMILES string of the molecule is CCCC(=O)N1CC(C)N(CC)c2ccccc21. The summed E-state index contributed by atoms with van der Waals surface area (Å²) in [6, 6.07) is 8.60. The molecule has 1 amide bonds. The highest BCUT2D eigenvalue weighted by atomic mass is 16.2. The first-order valence-corrected chi connectivity index (χ1v) is 6.85. The molecule has 0 aromatic heterocycles. The van der Waals surface area contributed by atoms with Gasteiger partial charge in [-0.2, -0.15) is 0 Å². The van der Waals surface area contributed by atoms with Crippen LogP contribution in [0.2, 0.25) is 0 Å². The molecule has 0 radical (unpaired) electrons. The fraction of sp³-hybridized carbons (Fsp3) is 0.533. The van der Waals surface area contributed by atoms with Gasteiger partial charge in [-0.15, -0.1) is 0 Å². The molecule has 0 saturated carbocycles. The van der Waals surface area contributed by atoms with E-state index in [0.29, 0.717) is 12.5 Å². The standard InChI is InChI=1S/C15H22N2O/c1-4-8-15(18)17-11-12(3)16(5-2)13-9-6-7-10-14(13)17/h6-7,9-10,12H,4-5,8,11H2,1-3H3. The van der Waals surface area contributed by atoms with E-state index in [0.717, 1.165) is 25.2 Å². The number of carbonyl (C=O) groups is 1. The maximum absolute atomic E-state index is 12.2. The third-order valence-electron chi connectivity index (χ3n) is 3.57. The minimum Gasteiger partial charge on any atom is -0.366 e. The summed E-state index contributed by atoms with van der Waals surface area (Å²) in [5.41, 5.74) is 2.25. The minimum absolute atomic E-state index is 0.243. The molecular weight excluding hydrogens is 224 g/mol.